The van der Waals surface area contributed by atoms with Gasteiger partial charge in [-0.1, -0.05) is 30.3 Å². The summed E-state index contributed by atoms with van der Waals surface area (Å²) in [5, 5.41) is 0. The van der Waals surface area contributed by atoms with Crippen LogP contribution in [0.5, 0.6) is 0 Å². The highest BCUT2D eigenvalue weighted by Gasteiger charge is 2.25. The van der Waals surface area contributed by atoms with E-state index in [2.05, 4.69) is 0 Å². The van der Waals surface area contributed by atoms with Crippen LogP contribution in [-0.2, 0) is 11.3 Å². The number of rotatable bonds is 3. The van der Waals surface area contributed by atoms with Crippen molar-refractivity contribution in [1.29, 1.82) is 0 Å². The predicted molar refractivity (Wildman–Crippen MR) is 65.8 cm³/mol. The van der Waals surface area contributed by atoms with Crippen molar-refractivity contribution < 1.29 is 4.79 Å². The number of carbonyl (C=O) groups excluding carboxylic acids is 1. The van der Waals surface area contributed by atoms with Crippen LogP contribution in [0.4, 0.5) is 0 Å². The molecule has 0 atom stereocenters. The van der Waals surface area contributed by atoms with E-state index in [9.17, 15) is 4.79 Å². The molecule has 1 amide bonds. The molecule has 3 heteroatoms. The largest absolute Gasteiger partial charge is 0.332 e. The smallest absolute Gasteiger partial charge is 0.237 e. The summed E-state index contributed by atoms with van der Waals surface area (Å²) in [5.41, 5.74) is 6.35. The predicted octanol–water partition coefficient (Wildman–Crippen LogP) is 1.77. The van der Waals surface area contributed by atoms with Gasteiger partial charge in [-0.25, -0.2) is 0 Å². The highest BCUT2D eigenvalue weighted by Crippen LogP contribution is 2.17. The van der Waals surface area contributed by atoms with Crippen molar-refractivity contribution >= 4 is 5.91 Å². The maximum absolute atomic E-state index is 11.8. The summed E-state index contributed by atoms with van der Waals surface area (Å²) >= 11 is 0. The van der Waals surface area contributed by atoms with E-state index in [4.69, 9.17) is 5.73 Å². The molecule has 0 spiro atoms. The Bertz CT molecular complexity index is 341. The molecule has 0 saturated carbocycles. The summed E-state index contributed by atoms with van der Waals surface area (Å²) in [4.78, 5) is 13.6. The zero-order valence-corrected chi connectivity index (χ0v) is 10.2. The lowest BCUT2D eigenvalue weighted by molar-refractivity contribution is -0.135. The molecule has 1 aromatic carbocycles. The summed E-state index contributed by atoms with van der Waals surface area (Å²) in [6, 6.07) is 9.95. The van der Waals surface area contributed by atoms with E-state index >= 15 is 0 Å². The Morgan fingerprint density at radius 2 is 1.81 bits per heavy atom. The fourth-order valence-electron chi connectivity index (χ4n) is 1.58. The molecule has 2 N–H and O–H groups in total. The second-order valence-corrected chi connectivity index (χ2v) is 4.84. The lowest BCUT2D eigenvalue weighted by Gasteiger charge is -2.35. The molecule has 88 valence electrons. The number of amides is 1. The Kier molecular flexibility index (Phi) is 4.07. The maximum Gasteiger partial charge on any atom is 0.237 e. The SMILES string of the molecule is CC(C)(C)N(Cc1ccccc1)C(=O)CN. The van der Waals surface area contributed by atoms with Crippen LogP contribution in [0.15, 0.2) is 30.3 Å². The van der Waals surface area contributed by atoms with Crippen LogP contribution in [0.2, 0.25) is 0 Å². The second-order valence-electron chi connectivity index (χ2n) is 4.84. The molecule has 0 aromatic heterocycles. The van der Waals surface area contributed by atoms with Crippen LogP contribution in [0.3, 0.4) is 0 Å². The first kappa shape index (κ1) is 12.7. The monoisotopic (exact) mass is 220 g/mol. The molecule has 0 radical (unpaired) electrons. The van der Waals surface area contributed by atoms with Crippen LogP contribution in [-0.4, -0.2) is 22.9 Å². The van der Waals surface area contributed by atoms with Crippen molar-refractivity contribution in [1.82, 2.24) is 4.90 Å². The van der Waals surface area contributed by atoms with Gasteiger partial charge in [0, 0.05) is 12.1 Å². The van der Waals surface area contributed by atoms with Gasteiger partial charge >= 0.3 is 0 Å². The van der Waals surface area contributed by atoms with Crippen molar-refractivity contribution in [2.45, 2.75) is 32.9 Å². The minimum absolute atomic E-state index is 0.0173. The summed E-state index contributed by atoms with van der Waals surface area (Å²) in [6.45, 7) is 6.72. The molecule has 0 aliphatic carbocycles. The van der Waals surface area contributed by atoms with Gasteiger partial charge in [0.1, 0.15) is 0 Å². The van der Waals surface area contributed by atoms with Crippen LogP contribution >= 0.6 is 0 Å². The highest BCUT2D eigenvalue weighted by molar-refractivity contribution is 5.78. The van der Waals surface area contributed by atoms with Gasteiger partial charge < -0.3 is 10.6 Å². The van der Waals surface area contributed by atoms with Crippen molar-refractivity contribution in [2.75, 3.05) is 6.54 Å². The van der Waals surface area contributed by atoms with Gasteiger partial charge in [-0.2, -0.15) is 0 Å². The average molecular weight is 220 g/mol. The zero-order valence-electron chi connectivity index (χ0n) is 10.2. The Labute approximate surface area is 97.2 Å². The number of benzene rings is 1. The fraction of sp³-hybridized carbons (Fsp3) is 0.462. The average Bonchev–Trinajstić information content (AvgIpc) is 2.25. The van der Waals surface area contributed by atoms with Gasteiger partial charge in [0.2, 0.25) is 5.91 Å². The number of nitrogens with zero attached hydrogens (tertiary/aromatic N) is 1. The van der Waals surface area contributed by atoms with E-state index in [0.29, 0.717) is 6.54 Å². The van der Waals surface area contributed by atoms with E-state index in [1.165, 1.54) is 0 Å². The molecule has 1 aromatic rings. The molecule has 0 aliphatic heterocycles. The molecule has 0 saturated heterocycles. The summed E-state index contributed by atoms with van der Waals surface area (Å²) in [6.07, 6.45) is 0. The van der Waals surface area contributed by atoms with Crippen molar-refractivity contribution in [2.24, 2.45) is 5.73 Å². The summed E-state index contributed by atoms with van der Waals surface area (Å²) < 4.78 is 0. The van der Waals surface area contributed by atoms with E-state index in [1.54, 1.807) is 0 Å². The lowest BCUT2D eigenvalue weighted by atomic mass is 10.0. The Balaban J connectivity index is 2.84. The van der Waals surface area contributed by atoms with E-state index < -0.39 is 0 Å². The normalized spacial score (nSPS) is 11.2. The quantitative estimate of drug-likeness (QED) is 0.844. The van der Waals surface area contributed by atoms with Crippen molar-refractivity contribution in [3.63, 3.8) is 0 Å². The highest BCUT2D eigenvalue weighted by atomic mass is 16.2. The third-order valence-electron chi connectivity index (χ3n) is 2.47. The molecule has 0 aliphatic rings. The fourth-order valence-corrected chi connectivity index (χ4v) is 1.58. The second kappa shape index (κ2) is 5.12. The molecular formula is C13H20N2O. The first-order chi connectivity index (χ1) is 7.45. The molecule has 0 unspecified atom stereocenters. The van der Waals surface area contributed by atoms with Crippen LogP contribution in [0.1, 0.15) is 26.3 Å². The Hall–Kier alpha value is -1.35. The van der Waals surface area contributed by atoms with Crippen molar-refractivity contribution in [3.05, 3.63) is 35.9 Å². The maximum atomic E-state index is 11.8. The zero-order chi connectivity index (χ0) is 12.2. The van der Waals surface area contributed by atoms with Crippen LogP contribution < -0.4 is 5.73 Å². The molecule has 0 fully saturated rings. The first-order valence-corrected chi connectivity index (χ1v) is 5.49. The minimum atomic E-state index is -0.202. The Morgan fingerprint density at radius 1 is 1.25 bits per heavy atom. The van der Waals surface area contributed by atoms with Crippen molar-refractivity contribution in [3.8, 4) is 0 Å². The Morgan fingerprint density at radius 3 is 2.25 bits per heavy atom. The van der Waals surface area contributed by atoms with Gasteiger partial charge in [-0.3, -0.25) is 4.79 Å². The van der Waals surface area contributed by atoms with Gasteiger partial charge in [-0.05, 0) is 26.3 Å². The number of carbonyl (C=O) groups is 1. The summed E-state index contributed by atoms with van der Waals surface area (Å²) in [5.74, 6) is -0.0173. The van der Waals surface area contributed by atoms with Gasteiger partial charge in [-0.15, -0.1) is 0 Å². The third kappa shape index (κ3) is 3.35. The van der Waals surface area contributed by atoms with Gasteiger partial charge in [0.05, 0.1) is 6.54 Å². The minimum Gasteiger partial charge on any atom is -0.332 e. The number of hydrogen-bond donors (Lipinski definition) is 1. The standard InChI is InChI=1S/C13H20N2O/c1-13(2,3)15(12(16)9-14)10-11-7-5-4-6-8-11/h4-8H,9-10,14H2,1-3H3. The van der Waals surface area contributed by atoms with E-state index in [0.717, 1.165) is 5.56 Å². The molecule has 16 heavy (non-hydrogen) atoms. The number of nitrogens with two attached hydrogens (primary N) is 1. The molecule has 0 bridgehead atoms. The first-order valence-electron chi connectivity index (χ1n) is 5.49. The van der Waals surface area contributed by atoms with Gasteiger partial charge in [0.25, 0.3) is 0 Å². The molecule has 0 heterocycles. The number of hydrogen-bond acceptors (Lipinski definition) is 2. The van der Waals surface area contributed by atoms with E-state index in [1.807, 2.05) is 56.0 Å². The lowest BCUT2D eigenvalue weighted by Crippen LogP contribution is -2.47. The molecular weight excluding hydrogens is 200 g/mol. The molecule has 1 rings (SSSR count). The molecule has 3 nitrogen and oxygen atoms in total. The van der Waals surface area contributed by atoms with Crippen LogP contribution in [0, 0.1) is 0 Å². The van der Waals surface area contributed by atoms with Crippen LogP contribution in [0.25, 0.3) is 0 Å². The third-order valence-corrected chi connectivity index (χ3v) is 2.47. The van der Waals surface area contributed by atoms with Gasteiger partial charge in [0.15, 0.2) is 0 Å². The summed E-state index contributed by atoms with van der Waals surface area (Å²) in [7, 11) is 0. The topological polar surface area (TPSA) is 46.3 Å². The van der Waals surface area contributed by atoms with E-state index in [-0.39, 0.29) is 18.0 Å².